The molecule has 0 aliphatic heterocycles. The Hall–Kier alpha value is -1.42. The van der Waals surface area contributed by atoms with Crippen LogP contribution >= 0.6 is 0 Å². The highest BCUT2D eigenvalue weighted by atomic mass is 32.2. The Kier molecular flexibility index (Phi) is 4.43. The summed E-state index contributed by atoms with van der Waals surface area (Å²) in [6, 6.07) is 8.85. The van der Waals surface area contributed by atoms with Crippen molar-refractivity contribution in [1.82, 2.24) is 0 Å². The summed E-state index contributed by atoms with van der Waals surface area (Å²) >= 11 is 0. The van der Waals surface area contributed by atoms with Crippen LogP contribution < -0.4 is 0 Å². The van der Waals surface area contributed by atoms with E-state index in [2.05, 4.69) is 4.74 Å². The van der Waals surface area contributed by atoms with Crippen molar-refractivity contribution >= 4 is 16.8 Å². The Balaban J connectivity index is 3.13. The third-order valence-electron chi connectivity index (χ3n) is 1.97. The van der Waals surface area contributed by atoms with Crippen molar-refractivity contribution in [3.8, 4) is 0 Å². The monoisotopic (exact) mass is 238 g/mol. The van der Waals surface area contributed by atoms with Crippen LogP contribution in [0.3, 0.4) is 0 Å². The van der Waals surface area contributed by atoms with Crippen LogP contribution in [0.5, 0.6) is 0 Å². The maximum atomic E-state index is 12.1. The van der Waals surface area contributed by atoms with Crippen molar-refractivity contribution in [3.63, 3.8) is 0 Å². The summed E-state index contributed by atoms with van der Waals surface area (Å²) in [7, 11) is -0.191. The van der Waals surface area contributed by atoms with Crippen molar-refractivity contribution in [2.45, 2.75) is 18.7 Å². The summed E-state index contributed by atoms with van der Waals surface area (Å²) in [5.74, 6) is -0.540. The second-order valence-electron chi connectivity index (χ2n) is 3.40. The predicted molar refractivity (Wildman–Crippen MR) is 63.2 cm³/mol. The molecule has 4 heteroatoms. The number of rotatable bonds is 3. The second kappa shape index (κ2) is 5.61. The molecule has 0 aromatic heterocycles. The van der Waals surface area contributed by atoms with Crippen LogP contribution in [0.25, 0.3) is 0 Å². The largest absolute Gasteiger partial charge is 0.465 e. The van der Waals surface area contributed by atoms with Gasteiger partial charge in [0.2, 0.25) is 0 Å². The van der Waals surface area contributed by atoms with E-state index >= 15 is 0 Å². The first kappa shape index (κ1) is 12.6. The lowest BCUT2D eigenvalue weighted by atomic mass is 10.3. The standard InChI is InChI=1S/C12H14O3S/c1-9(2)11(12(13)15-3)16(14)10-7-5-4-6-8-10/h4-8H,1-3H3/t16-/m0/s1. The van der Waals surface area contributed by atoms with Crippen LogP contribution in [-0.4, -0.2) is 17.3 Å². The van der Waals surface area contributed by atoms with Gasteiger partial charge in [0.25, 0.3) is 0 Å². The number of hydrogen-bond acceptors (Lipinski definition) is 3. The molecule has 1 atom stereocenters. The number of carbonyl (C=O) groups excluding carboxylic acids is 1. The summed E-state index contributed by atoms with van der Waals surface area (Å²) in [5.41, 5.74) is 0.703. The topological polar surface area (TPSA) is 43.4 Å². The molecule has 1 aromatic carbocycles. The number of hydrogen-bond donors (Lipinski definition) is 0. The molecule has 0 saturated carbocycles. The molecule has 0 radical (unpaired) electrons. The van der Waals surface area contributed by atoms with E-state index in [9.17, 15) is 9.00 Å². The summed E-state index contributed by atoms with van der Waals surface area (Å²) in [6.07, 6.45) is 0. The molecule has 86 valence electrons. The molecule has 3 nitrogen and oxygen atoms in total. The van der Waals surface area contributed by atoms with E-state index in [-0.39, 0.29) is 4.91 Å². The van der Waals surface area contributed by atoms with Gasteiger partial charge >= 0.3 is 5.97 Å². The number of benzene rings is 1. The van der Waals surface area contributed by atoms with Gasteiger partial charge in [-0.3, -0.25) is 0 Å². The first-order chi connectivity index (χ1) is 7.57. The molecular formula is C12H14O3S. The van der Waals surface area contributed by atoms with E-state index in [1.54, 1.807) is 38.1 Å². The number of allylic oxidation sites excluding steroid dienone is 1. The normalized spacial score (nSPS) is 11.7. The smallest absolute Gasteiger partial charge is 0.347 e. The van der Waals surface area contributed by atoms with Crippen LogP contribution in [-0.2, 0) is 20.3 Å². The zero-order chi connectivity index (χ0) is 12.1. The third kappa shape index (κ3) is 2.79. The molecule has 0 amide bonds. The predicted octanol–water partition coefficient (Wildman–Crippen LogP) is 2.26. The van der Waals surface area contributed by atoms with Gasteiger partial charge in [0.05, 0.1) is 17.9 Å². The van der Waals surface area contributed by atoms with Crippen molar-refractivity contribution in [1.29, 1.82) is 0 Å². The zero-order valence-corrected chi connectivity index (χ0v) is 10.3. The molecule has 0 N–H and O–H groups in total. The lowest BCUT2D eigenvalue weighted by Crippen LogP contribution is -2.11. The van der Waals surface area contributed by atoms with Crippen molar-refractivity contribution in [2.75, 3.05) is 7.11 Å². The van der Waals surface area contributed by atoms with E-state index in [1.807, 2.05) is 6.07 Å². The lowest BCUT2D eigenvalue weighted by Gasteiger charge is -2.07. The number of methoxy groups -OCH3 is 1. The maximum absolute atomic E-state index is 12.1. The Morgan fingerprint density at radius 2 is 1.75 bits per heavy atom. The fourth-order valence-electron chi connectivity index (χ4n) is 1.22. The van der Waals surface area contributed by atoms with Gasteiger partial charge in [-0.1, -0.05) is 23.8 Å². The minimum absolute atomic E-state index is 0.216. The molecule has 0 aliphatic rings. The summed E-state index contributed by atoms with van der Waals surface area (Å²) in [4.78, 5) is 12.3. The minimum atomic E-state index is -1.48. The van der Waals surface area contributed by atoms with E-state index in [4.69, 9.17) is 0 Å². The molecule has 0 bridgehead atoms. The molecule has 0 heterocycles. The van der Waals surface area contributed by atoms with Crippen LogP contribution in [0.15, 0.2) is 45.7 Å². The fourth-order valence-corrected chi connectivity index (χ4v) is 2.47. The van der Waals surface area contributed by atoms with Gasteiger partial charge in [0, 0.05) is 4.90 Å². The van der Waals surface area contributed by atoms with Gasteiger partial charge in [0.15, 0.2) is 0 Å². The van der Waals surface area contributed by atoms with E-state index in [0.29, 0.717) is 10.5 Å². The van der Waals surface area contributed by atoms with E-state index in [0.717, 1.165) is 0 Å². The van der Waals surface area contributed by atoms with Crippen molar-refractivity contribution in [3.05, 3.63) is 40.8 Å². The average molecular weight is 238 g/mol. The number of ether oxygens (including phenoxy) is 1. The Bertz CT molecular complexity index is 431. The molecule has 0 fully saturated rings. The van der Waals surface area contributed by atoms with Gasteiger partial charge in [-0.15, -0.1) is 0 Å². The fraction of sp³-hybridized carbons (Fsp3) is 0.250. The van der Waals surface area contributed by atoms with Gasteiger partial charge in [-0.05, 0) is 26.0 Å². The van der Waals surface area contributed by atoms with Crippen molar-refractivity contribution in [2.24, 2.45) is 0 Å². The quantitative estimate of drug-likeness (QED) is 0.599. The summed E-state index contributed by atoms with van der Waals surface area (Å²) in [6.45, 7) is 3.49. The SMILES string of the molecule is COC(=O)C(=C(C)C)[S@@](=O)c1ccccc1. The van der Waals surface area contributed by atoms with E-state index < -0.39 is 16.8 Å². The zero-order valence-electron chi connectivity index (χ0n) is 9.52. The average Bonchev–Trinajstić information content (AvgIpc) is 2.29. The molecular weight excluding hydrogens is 224 g/mol. The summed E-state index contributed by atoms with van der Waals surface area (Å²) < 4.78 is 16.8. The van der Waals surface area contributed by atoms with Crippen LogP contribution in [0.2, 0.25) is 0 Å². The van der Waals surface area contributed by atoms with Crippen LogP contribution in [0.1, 0.15) is 13.8 Å². The summed E-state index contributed by atoms with van der Waals surface area (Å²) in [5, 5.41) is 0. The highest BCUT2D eigenvalue weighted by Gasteiger charge is 2.20. The number of carbonyl (C=O) groups is 1. The molecule has 0 unspecified atom stereocenters. The Morgan fingerprint density at radius 1 is 1.19 bits per heavy atom. The number of esters is 1. The minimum Gasteiger partial charge on any atom is -0.465 e. The molecule has 1 rings (SSSR count). The molecule has 0 saturated heterocycles. The van der Waals surface area contributed by atoms with Gasteiger partial charge in [-0.25, -0.2) is 9.00 Å². The maximum Gasteiger partial charge on any atom is 0.347 e. The lowest BCUT2D eigenvalue weighted by molar-refractivity contribution is -0.135. The first-order valence-electron chi connectivity index (χ1n) is 4.80. The first-order valence-corrected chi connectivity index (χ1v) is 5.95. The van der Waals surface area contributed by atoms with Crippen LogP contribution in [0, 0.1) is 0 Å². The van der Waals surface area contributed by atoms with Gasteiger partial charge in [0.1, 0.15) is 4.91 Å². The van der Waals surface area contributed by atoms with Gasteiger partial charge in [-0.2, -0.15) is 0 Å². The third-order valence-corrected chi connectivity index (χ3v) is 3.61. The van der Waals surface area contributed by atoms with Crippen LogP contribution in [0.4, 0.5) is 0 Å². The second-order valence-corrected chi connectivity index (χ2v) is 4.82. The van der Waals surface area contributed by atoms with E-state index in [1.165, 1.54) is 7.11 Å². The van der Waals surface area contributed by atoms with Crippen molar-refractivity contribution < 1.29 is 13.7 Å². The highest BCUT2D eigenvalue weighted by molar-refractivity contribution is 7.90. The Labute approximate surface area is 97.6 Å². The van der Waals surface area contributed by atoms with Gasteiger partial charge < -0.3 is 4.74 Å². The Morgan fingerprint density at radius 3 is 2.19 bits per heavy atom. The molecule has 1 aromatic rings. The highest BCUT2D eigenvalue weighted by Crippen LogP contribution is 2.18. The molecule has 0 aliphatic carbocycles. The molecule has 0 spiro atoms. The molecule has 16 heavy (non-hydrogen) atoms.